The molecule has 1 unspecified atom stereocenters. The second-order valence-electron chi connectivity index (χ2n) is 9.59. The smallest absolute Gasteiger partial charge is 0.339 e. The first-order chi connectivity index (χ1) is 19.0. The summed E-state index contributed by atoms with van der Waals surface area (Å²) >= 11 is 0. The van der Waals surface area contributed by atoms with Gasteiger partial charge in [-0.2, -0.15) is 0 Å². The van der Waals surface area contributed by atoms with Gasteiger partial charge in [0, 0.05) is 6.20 Å². The maximum Gasteiger partial charge on any atom is 0.339 e. The molecule has 2 heterocycles. The van der Waals surface area contributed by atoms with Gasteiger partial charge in [-0.1, -0.05) is 80.1 Å². The van der Waals surface area contributed by atoms with Gasteiger partial charge in [0.2, 0.25) is 0 Å². The molecule has 39 heavy (non-hydrogen) atoms. The average molecular weight is 519 g/mol. The van der Waals surface area contributed by atoms with Crippen molar-refractivity contribution in [1.82, 2.24) is 9.38 Å². The number of carbonyl (C=O) groups is 2. The van der Waals surface area contributed by atoms with E-state index in [0.717, 1.165) is 53.0 Å². The van der Waals surface area contributed by atoms with Gasteiger partial charge in [-0.15, -0.1) is 0 Å². The predicted molar refractivity (Wildman–Crippen MR) is 151 cm³/mol. The SMILES string of the molecule is CCCCc1cn2c(C(OC(=O)c3ccccc3)c3ccc(-c4ccccc4C(=O)O)cc3)ccc(C)c2n1. The van der Waals surface area contributed by atoms with Gasteiger partial charge in [-0.3, -0.25) is 4.40 Å². The molecule has 3 aromatic carbocycles. The summed E-state index contributed by atoms with van der Waals surface area (Å²) in [5.74, 6) is -1.41. The van der Waals surface area contributed by atoms with E-state index in [1.807, 2.05) is 66.1 Å². The first-order valence-electron chi connectivity index (χ1n) is 13.1. The number of aryl methyl sites for hydroxylation is 2. The van der Waals surface area contributed by atoms with Crippen LogP contribution < -0.4 is 0 Å². The molecule has 6 nitrogen and oxygen atoms in total. The van der Waals surface area contributed by atoms with Crippen molar-refractivity contribution in [2.75, 3.05) is 0 Å². The number of aromatic nitrogens is 2. The Hall–Kier alpha value is -4.71. The second kappa shape index (κ2) is 11.4. The summed E-state index contributed by atoms with van der Waals surface area (Å²) < 4.78 is 8.20. The number of rotatable bonds is 9. The fourth-order valence-electron chi connectivity index (χ4n) is 4.77. The zero-order chi connectivity index (χ0) is 27.4. The van der Waals surface area contributed by atoms with Crippen molar-refractivity contribution in [1.29, 1.82) is 0 Å². The molecule has 0 aliphatic carbocycles. The number of aromatic carboxylic acids is 1. The van der Waals surface area contributed by atoms with Crippen molar-refractivity contribution >= 4 is 17.6 Å². The molecule has 0 aliphatic heterocycles. The molecule has 0 radical (unpaired) electrons. The minimum Gasteiger partial charge on any atom is -0.478 e. The van der Waals surface area contributed by atoms with Crippen molar-refractivity contribution in [3.63, 3.8) is 0 Å². The van der Waals surface area contributed by atoms with Gasteiger partial charge in [-0.25, -0.2) is 14.6 Å². The lowest BCUT2D eigenvalue weighted by Crippen LogP contribution is -2.16. The number of ether oxygens (including phenoxy) is 1. The van der Waals surface area contributed by atoms with Crippen LogP contribution in [0.15, 0.2) is 97.2 Å². The van der Waals surface area contributed by atoms with Gasteiger partial charge >= 0.3 is 11.9 Å². The highest BCUT2D eigenvalue weighted by Gasteiger charge is 2.24. The first-order valence-corrected chi connectivity index (χ1v) is 13.1. The summed E-state index contributed by atoms with van der Waals surface area (Å²) in [6.07, 6.45) is 4.33. The van der Waals surface area contributed by atoms with E-state index in [1.54, 1.807) is 42.5 Å². The topological polar surface area (TPSA) is 80.9 Å². The van der Waals surface area contributed by atoms with Crippen LogP contribution in [0.4, 0.5) is 0 Å². The van der Waals surface area contributed by atoms with Crippen LogP contribution in [0.25, 0.3) is 16.8 Å². The number of fused-ring (bicyclic) bond motifs is 1. The van der Waals surface area contributed by atoms with E-state index in [-0.39, 0.29) is 5.56 Å². The summed E-state index contributed by atoms with van der Waals surface area (Å²) in [7, 11) is 0. The molecular weight excluding hydrogens is 488 g/mol. The Bertz CT molecular complexity index is 1620. The van der Waals surface area contributed by atoms with Crippen LogP contribution in [0.5, 0.6) is 0 Å². The Labute approximate surface area is 227 Å². The van der Waals surface area contributed by atoms with Gasteiger partial charge in [0.25, 0.3) is 0 Å². The van der Waals surface area contributed by atoms with Crippen LogP contribution in [0.2, 0.25) is 0 Å². The Balaban J connectivity index is 1.59. The highest BCUT2D eigenvalue weighted by Crippen LogP contribution is 2.32. The molecule has 0 spiro atoms. The Kier molecular flexibility index (Phi) is 7.55. The molecule has 1 atom stereocenters. The van der Waals surface area contributed by atoms with Crippen molar-refractivity contribution in [2.24, 2.45) is 0 Å². The van der Waals surface area contributed by atoms with Gasteiger partial charge in [0.15, 0.2) is 6.10 Å². The standard InChI is InChI=1S/C33H30N2O4/c1-3-4-12-26-21-35-29(20-15-22(2)31(35)34-26)30(39-33(38)25-10-6-5-7-11-25)24-18-16-23(17-19-24)27-13-8-9-14-28(27)32(36)37/h5-11,13-21,30H,3-4,12H2,1-2H3,(H,36,37). The minimum absolute atomic E-state index is 0.232. The number of benzene rings is 3. The van der Waals surface area contributed by atoms with E-state index in [0.29, 0.717) is 11.1 Å². The number of carboxylic acids is 1. The number of carboxylic acid groups (broad SMARTS) is 1. The third-order valence-corrected chi connectivity index (χ3v) is 6.86. The quantitative estimate of drug-likeness (QED) is 0.207. The zero-order valence-electron chi connectivity index (χ0n) is 22.0. The van der Waals surface area contributed by atoms with Crippen molar-refractivity contribution in [2.45, 2.75) is 39.2 Å². The molecular formula is C33H30N2O4. The third kappa shape index (κ3) is 5.46. The maximum atomic E-state index is 13.2. The molecule has 0 bridgehead atoms. The third-order valence-electron chi connectivity index (χ3n) is 6.86. The number of nitrogens with zero attached hydrogens (tertiary/aromatic N) is 2. The van der Waals surface area contributed by atoms with Crippen LogP contribution in [-0.2, 0) is 11.2 Å². The molecule has 0 saturated carbocycles. The van der Waals surface area contributed by atoms with Crippen LogP contribution >= 0.6 is 0 Å². The lowest BCUT2D eigenvalue weighted by molar-refractivity contribution is 0.0368. The number of unbranched alkanes of at least 4 members (excludes halogenated alkanes) is 1. The predicted octanol–water partition coefficient (Wildman–Crippen LogP) is 7.30. The molecule has 196 valence electrons. The summed E-state index contributed by atoms with van der Waals surface area (Å²) in [4.78, 5) is 29.9. The van der Waals surface area contributed by atoms with Crippen LogP contribution in [-0.4, -0.2) is 26.4 Å². The van der Waals surface area contributed by atoms with Gasteiger partial charge in [0.05, 0.1) is 22.5 Å². The molecule has 0 amide bonds. The summed E-state index contributed by atoms with van der Waals surface area (Å²) in [5.41, 5.74) is 6.52. The Morgan fingerprint density at radius 1 is 0.923 bits per heavy atom. The van der Waals surface area contributed by atoms with E-state index in [9.17, 15) is 14.7 Å². The summed E-state index contributed by atoms with van der Waals surface area (Å²) in [6, 6.07) is 27.3. The van der Waals surface area contributed by atoms with Crippen LogP contribution in [0.1, 0.15) is 69.1 Å². The zero-order valence-corrected chi connectivity index (χ0v) is 22.0. The molecule has 5 rings (SSSR count). The largest absolute Gasteiger partial charge is 0.478 e. The monoisotopic (exact) mass is 518 g/mol. The van der Waals surface area contributed by atoms with E-state index in [4.69, 9.17) is 9.72 Å². The van der Waals surface area contributed by atoms with Crippen LogP contribution in [0, 0.1) is 6.92 Å². The van der Waals surface area contributed by atoms with Gasteiger partial charge in [0.1, 0.15) is 5.65 Å². The van der Waals surface area contributed by atoms with Crippen molar-refractivity contribution in [3.8, 4) is 11.1 Å². The molecule has 5 aromatic rings. The Morgan fingerprint density at radius 3 is 2.36 bits per heavy atom. The Morgan fingerprint density at radius 2 is 1.64 bits per heavy atom. The summed E-state index contributed by atoms with van der Waals surface area (Å²) in [5, 5.41) is 9.64. The molecule has 0 aliphatic rings. The number of hydrogen-bond acceptors (Lipinski definition) is 4. The first kappa shape index (κ1) is 25.9. The molecule has 6 heteroatoms. The van der Waals surface area contributed by atoms with E-state index in [1.165, 1.54) is 0 Å². The lowest BCUT2D eigenvalue weighted by Gasteiger charge is -2.21. The molecule has 2 aromatic heterocycles. The highest BCUT2D eigenvalue weighted by atomic mass is 16.5. The normalized spacial score (nSPS) is 11.8. The van der Waals surface area contributed by atoms with Gasteiger partial charge < -0.3 is 9.84 Å². The summed E-state index contributed by atoms with van der Waals surface area (Å²) in [6.45, 7) is 4.18. The van der Waals surface area contributed by atoms with E-state index >= 15 is 0 Å². The number of carbonyl (C=O) groups excluding carboxylic acids is 1. The fraction of sp³-hybridized carbons (Fsp3) is 0.182. The number of hydrogen-bond donors (Lipinski definition) is 1. The molecule has 0 fully saturated rings. The maximum absolute atomic E-state index is 13.2. The second-order valence-corrected chi connectivity index (χ2v) is 9.59. The van der Waals surface area contributed by atoms with Crippen LogP contribution in [0.3, 0.4) is 0 Å². The van der Waals surface area contributed by atoms with Crippen molar-refractivity contribution in [3.05, 3.63) is 131 Å². The molecule has 1 N–H and O–H groups in total. The highest BCUT2D eigenvalue weighted by molar-refractivity contribution is 5.96. The van der Waals surface area contributed by atoms with E-state index in [2.05, 4.69) is 6.92 Å². The lowest BCUT2D eigenvalue weighted by atomic mass is 9.96. The number of imidazole rings is 1. The molecule has 0 saturated heterocycles. The number of esters is 1. The average Bonchev–Trinajstić information content (AvgIpc) is 3.41. The number of pyridine rings is 1. The minimum atomic E-state index is -0.981. The van der Waals surface area contributed by atoms with Crippen molar-refractivity contribution < 1.29 is 19.4 Å². The van der Waals surface area contributed by atoms with E-state index < -0.39 is 18.0 Å². The fourth-order valence-corrected chi connectivity index (χ4v) is 4.77. The van der Waals surface area contributed by atoms with Gasteiger partial charge in [-0.05, 0) is 66.3 Å².